The first-order chi connectivity index (χ1) is 46.6. The van der Waals surface area contributed by atoms with Gasteiger partial charge in [-0.15, -0.1) is 6.42 Å². The molecule has 97 heavy (non-hydrogen) atoms. The average Bonchev–Trinajstić information content (AvgIpc) is 0.848. The molecular formula is C84H75BrF3N6O3-. The van der Waals surface area contributed by atoms with Crippen LogP contribution in [0, 0.1) is 62.4 Å². The highest BCUT2D eigenvalue weighted by atomic mass is 79.9. The zero-order valence-electron chi connectivity index (χ0n) is 56.6. The van der Waals surface area contributed by atoms with Crippen molar-refractivity contribution in [3.05, 3.63) is 319 Å². The number of carbonyl (C=O) groups is 3. The van der Waals surface area contributed by atoms with Gasteiger partial charge in [0.2, 0.25) is 0 Å². The fourth-order valence-corrected chi connectivity index (χ4v) is 11.8. The lowest BCUT2D eigenvalue weighted by molar-refractivity contribution is 0.101. The number of fused-ring (bicyclic) bond motifs is 3. The van der Waals surface area contributed by atoms with Crippen LogP contribution in [0.4, 0.5) is 30.2 Å². The van der Waals surface area contributed by atoms with E-state index in [4.69, 9.17) is 6.42 Å². The fraction of sp³-hybridized carbons (Fsp3) is 0.167. The standard InChI is InChI=1S/C28H27FN2O.C28H23FN2O.C17H17BrFNO.C11H7N.H/c2*1-18(2)24-12-11-23(14-19(24)3)31-28(32)26-15-20(9-13-27(26)29)8-10-22-17-30-16-21-6-4-5-7-25(21)22;1-10(2)14-6-5-13(8-11(14)3)20-17(21)15-9-12(18)4-7-16(15)19;1-2-9-7-12-8-10-5-3-4-6-11(9)10;/h4-7,9,11-18H,8,10H2,1-3H3,(H,31,32);4-7,9,11-18H,1-3H3,(H,31,32);4-10H,1-3H3,(H,20,21);1,3-8H;/q;;;;-1/i;;;;1+2. The monoisotopic (exact) mass is 1350 g/mol. The van der Waals surface area contributed by atoms with Crippen molar-refractivity contribution >= 4 is 83.0 Å². The molecule has 3 aromatic heterocycles. The summed E-state index contributed by atoms with van der Waals surface area (Å²) in [5.41, 5.74) is 13.2. The summed E-state index contributed by atoms with van der Waals surface area (Å²) in [6.45, 7) is 18.8. The topological polar surface area (TPSA) is 126 Å². The van der Waals surface area contributed by atoms with Gasteiger partial charge in [0.25, 0.3) is 17.7 Å². The third-order valence-corrected chi connectivity index (χ3v) is 16.9. The lowest BCUT2D eigenvalue weighted by atomic mass is 9.97. The quantitative estimate of drug-likeness (QED) is 0.105. The maximum atomic E-state index is 14.5. The Morgan fingerprint density at radius 1 is 0.443 bits per heavy atom. The number of amides is 3. The van der Waals surface area contributed by atoms with Gasteiger partial charge >= 0.3 is 0 Å². The second kappa shape index (κ2) is 32.9. The van der Waals surface area contributed by atoms with E-state index in [1.54, 1.807) is 42.9 Å². The van der Waals surface area contributed by atoms with Gasteiger partial charge in [-0.3, -0.25) is 29.3 Å². The van der Waals surface area contributed by atoms with Crippen LogP contribution in [0.2, 0.25) is 0 Å². The molecule has 9 nitrogen and oxygen atoms in total. The molecule has 12 aromatic rings. The summed E-state index contributed by atoms with van der Waals surface area (Å²) in [5.74, 6) is 6.93. The Morgan fingerprint density at radius 3 is 1.32 bits per heavy atom. The molecule has 0 atom stereocenters. The number of carbonyl (C=O) groups excluding carboxylic acids is 3. The lowest BCUT2D eigenvalue weighted by Crippen LogP contribution is -2.14. The summed E-state index contributed by atoms with van der Waals surface area (Å²) in [6.07, 6.45) is 17.5. The number of pyridine rings is 3. The Balaban J connectivity index is 0.000000175. The normalized spacial score (nSPS) is 10.7. The number of aryl methyl sites for hydroxylation is 5. The molecule has 13 heteroatoms. The van der Waals surface area contributed by atoms with Gasteiger partial charge in [-0.1, -0.05) is 172 Å². The highest BCUT2D eigenvalue weighted by Gasteiger charge is 2.18. The van der Waals surface area contributed by atoms with E-state index in [9.17, 15) is 27.6 Å². The molecular weight excluding hydrogens is 1280 g/mol. The van der Waals surface area contributed by atoms with Gasteiger partial charge in [0, 0.05) is 91.2 Å². The molecule has 0 radical (unpaired) electrons. The first kappa shape index (κ1) is 70.3. The molecule has 0 spiro atoms. The second-order valence-electron chi connectivity index (χ2n) is 24.4. The molecule has 0 aliphatic carbocycles. The van der Waals surface area contributed by atoms with E-state index < -0.39 is 35.2 Å². The van der Waals surface area contributed by atoms with Crippen molar-refractivity contribution in [2.75, 3.05) is 16.0 Å². The molecule has 0 saturated carbocycles. The molecule has 488 valence electrons. The molecule has 12 rings (SSSR count). The van der Waals surface area contributed by atoms with Crippen LogP contribution in [-0.2, 0) is 12.8 Å². The molecule has 0 unspecified atom stereocenters. The predicted octanol–water partition coefficient (Wildman–Crippen LogP) is 20.9. The van der Waals surface area contributed by atoms with E-state index in [0.29, 0.717) is 51.3 Å². The van der Waals surface area contributed by atoms with Crippen molar-refractivity contribution in [2.45, 2.75) is 92.9 Å². The van der Waals surface area contributed by atoms with Crippen molar-refractivity contribution in [2.24, 2.45) is 0 Å². The third-order valence-electron chi connectivity index (χ3n) is 16.4. The Morgan fingerprint density at radius 2 is 0.845 bits per heavy atom. The third kappa shape index (κ3) is 18.5. The van der Waals surface area contributed by atoms with E-state index in [0.717, 1.165) is 72.3 Å². The van der Waals surface area contributed by atoms with Gasteiger partial charge in [-0.05, 0) is 186 Å². The number of anilines is 3. The summed E-state index contributed by atoms with van der Waals surface area (Å²) in [4.78, 5) is 50.3. The largest absolute Gasteiger partial charge is 1.00 e. The van der Waals surface area contributed by atoms with Crippen molar-refractivity contribution in [1.29, 1.82) is 0 Å². The number of nitrogens with zero attached hydrogens (tertiary/aromatic N) is 3. The maximum Gasteiger partial charge on any atom is 0.258 e. The Hall–Kier alpha value is -11.0. The van der Waals surface area contributed by atoms with Crippen LogP contribution >= 0.6 is 15.9 Å². The molecule has 0 saturated heterocycles. The van der Waals surface area contributed by atoms with Crippen LogP contribution in [0.25, 0.3) is 32.3 Å². The minimum Gasteiger partial charge on any atom is -1.00 e. The molecule has 0 fully saturated rings. The SMILES string of the molecule is C#Cc1cncc2ccccc12.Cc1cc(NC(=O)c2cc(Br)ccc2F)ccc1C(C)C.Cc1cc(NC(=O)c2cc(C#Cc3cncc4ccccc34)ccc2F)ccc1C(C)C.Cc1cc(NC(=O)c2cc(CCc3cncc4ccccc34)ccc2F)ccc1C(C)C.[3H-]. The molecule has 0 bridgehead atoms. The number of halogens is 4. The van der Waals surface area contributed by atoms with Gasteiger partial charge in [-0.25, -0.2) is 13.2 Å². The number of hydrogen-bond acceptors (Lipinski definition) is 6. The summed E-state index contributed by atoms with van der Waals surface area (Å²) < 4.78 is 43.3. The fourth-order valence-electron chi connectivity index (χ4n) is 11.4. The molecule has 9 aromatic carbocycles. The Kier molecular flexibility index (Phi) is 23.9. The van der Waals surface area contributed by atoms with Crippen molar-refractivity contribution < 1.29 is 29.0 Å². The first-order valence-electron chi connectivity index (χ1n) is 31.9. The average molecular weight is 1360 g/mol. The first-order valence-corrected chi connectivity index (χ1v) is 32.7. The van der Waals surface area contributed by atoms with E-state index in [1.165, 1.54) is 52.4 Å². The van der Waals surface area contributed by atoms with Gasteiger partial charge in [0.1, 0.15) is 17.5 Å². The lowest BCUT2D eigenvalue weighted by Gasteiger charge is -2.13. The minimum atomic E-state index is -0.588. The zero-order chi connectivity index (χ0) is 69.3. The van der Waals surface area contributed by atoms with Crippen LogP contribution in [0.5, 0.6) is 0 Å². The molecule has 3 heterocycles. The Labute approximate surface area is 575 Å². The highest BCUT2D eigenvalue weighted by molar-refractivity contribution is 9.10. The summed E-state index contributed by atoms with van der Waals surface area (Å²) in [5, 5.41) is 14.8. The number of nitrogens with one attached hydrogen (secondary N) is 3. The number of aromatic nitrogens is 3. The number of benzene rings is 9. The molecule has 3 N–H and O–H groups in total. The Bertz CT molecular complexity index is 4980. The number of rotatable bonds is 12. The summed E-state index contributed by atoms with van der Waals surface area (Å²) in [6, 6.07) is 54.6. The van der Waals surface area contributed by atoms with Crippen LogP contribution in [0.15, 0.2) is 224 Å². The molecule has 0 aliphatic heterocycles. The van der Waals surface area contributed by atoms with Crippen LogP contribution < -0.4 is 16.0 Å². The highest BCUT2D eigenvalue weighted by Crippen LogP contribution is 2.28. The maximum absolute atomic E-state index is 14.5. The van der Waals surface area contributed by atoms with Gasteiger partial charge in [0.05, 0.1) is 27.8 Å². The second-order valence-corrected chi connectivity index (χ2v) is 25.3. The van der Waals surface area contributed by atoms with Crippen molar-refractivity contribution in [3.63, 3.8) is 0 Å². The zero-order valence-corrected chi connectivity index (χ0v) is 57.2. The summed E-state index contributed by atoms with van der Waals surface area (Å²) >= 11 is 3.24. The van der Waals surface area contributed by atoms with E-state index in [2.05, 4.69) is 112 Å². The number of terminal acetylenes is 1. The van der Waals surface area contributed by atoms with Crippen LogP contribution in [-0.4, -0.2) is 32.7 Å². The van der Waals surface area contributed by atoms with E-state index in [1.807, 2.05) is 161 Å². The van der Waals surface area contributed by atoms with E-state index in [-0.39, 0.29) is 18.1 Å². The number of hydrogen-bond donors (Lipinski definition) is 3. The summed E-state index contributed by atoms with van der Waals surface area (Å²) in [7, 11) is 0. The van der Waals surface area contributed by atoms with Gasteiger partial charge in [0.15, 0.2) is 0 Å². The predicted molar refractivity (Wildman–Crippen MR) is 394 cm³/mol. The van der Waals surface area contributed by atoms with Crippen molar-refractivity contribution in [3.8, 4) is 24.2 Å². The molecule has 3 amide bonds. The molecule has 0 aliphatic rings. The van der Waals surface area contributed by atoms with E-state index >= 15 is 0 Å². The van der Waals surface area contributed by atoms with Gasteiger partial charge < -0.3 is 17.4 Å². The van der Waals surface area contributed by atoms with Crippen molar-refractivity contribution in [1.82, 2.24) is 15.0 Å². The van der Waals surface area contributed by atoms with Crippen LogP contribution in [0.1, 0.15) is 153 Å². The smallest absolute Gasteiger partial charge is 0.258 e. The van der Waals surface area contributed by atoms with Gasteiger partial charge in [-0.2, -0.15) is 0 Å². The minimum absolute atomic E-state index is 0. The van der Waals surface area contributed by atoms with Crippen LogP contribution in [0.3, 0.4) is 0 Å².